The molecule has 2 aromatic rings. The quantitative estimate of drug-likeness (QED) is 0.510. The number of esters is 1. The first-order valence-corrected chi connectivity index (χ1v) is 10.8. The van der Waals surface area contributed by atoms with Crippen molar-refractivity contribution in [3.8, 4) is 0 Å². The summed E-state index contributed by atoms with van der Waals surface area (Å²) in [6, 6.07) is 18.0. The summed E-state index contributed by atoms with van der Waals surface area (Å²) in [7, 11) is 0. The van der Waals surface area contributed by atoms with Crippen LogP contribution < -0.4 is 0 Å². The fourth-order valence-corrected chi connectivity index (χ4v) is 3.99. The molecule has 4 unspecified atom stereocenters. The first-order valence-electron chi connectivity index (χ1n) is 10.8. The Hall–Kier alpha value is -2.86. The van der Waals surface area contributed by atoms with E-state index in [0.717, 1.165) is 11.1 Å². The molecule has 0 radical (unpaired) electrons. The number of benzene rings is 2. The lowest BCUT2D eigenvalue weighted by atomic mass is 9.90. The Morgan fingerprint density at radius 2 is 1.58 bits per heavy atom. The van der Waals surface area contributed by atoms with Gasteiger partial charge in [0.15, 0.2) is 6.10 Å². The van der Waals surface area contributed by atoms with Crippen molar-refractivity contribution in [1.29, 1.82) is 0 Å². The molecule has 4 atom stereocenters. The second kappa shape index (κ2) is 8.71. The van der Waals surface area contributed by atoms with E-state index in [1.807, 2.05) is 81.4 Å². The topological polar surface area (TPSA) is 68.4 Å². The van der Waals surface area contributed by atoms with Gasteiger partial charge in [0.1, 0.15) is 17.7 Å². The van der Waals surface area contributed by atoms with Gasteiger partial charge >= 0.3 is 12.1 Å². The average Bonchev–Trinajstić information content (AvgIpc) is 3.56. The third-order valence-electron chi connectivity index (χ3n) is 5.48. The number of carbonyl (C=O) groups excluding carboxylic acids is 2. The van der Waals surface area contributed by atoms with Crippen molar-refractivity contribution in [3.05, 3.63) is 71.8 Å². The van der Waals surface area contributed by atoms with Gasteiger partial charge < -0.3 is 14.2 Å². The number of amides is 1. The molecule has 4 rings (SSSR count). The standard InChI is InChI=1S/C25H29NO5/c1-25(2,3)31-24(28)26-20(15-14-19-16-29-19)23(27)30-22(18-12-8-5-9-13-18)21(26)17-10-6-4-7-11-17/h4-13,19-22H,14-16H2,1-3H3. The smallest absolute Gasteiger partial charge is 0.411 e. The van der Waals surface area contributed by atoms with Crippen LogP contribution in [0.5, 0.6) is 0 Å². The molecule has 2 aliphatic rings. The third kappa shape index (κ3) is 5.07. The Morgan fingerprint density at radius 3 is 2.13 bits per heavy atom. The van der Waals surface area contributed by atoms with E-state index in [4.69, 9.17) is 14.2 Å². The highest BCUT2D eigenvalue weighted by atomic mass is 16.6. The van der Waals surface area contributed by atoms with Crippen LogP contribution in [0.4, 0.5) is 4.79 Å². The number of hydrogen-bond acceptors (Lipinski definition) is 5. The van der Waals surface area contributed by atoms with Crippen molar-refractivity contribution in [3.63, 3.8) is 0 Å². The van der Waals surface area contributed by atoms with Gasteiger partial charge in [0.05, 0.1) is 12.7 Å². The predicted molar refractivity (Wildman–Crippen MR) is 115 cm³/mol. The largest absolute Gasteiger partial charge is 0.453 e. The number of hydrogen-bond donors (Lipinski definition) is 0. The molecule has 2 saturated heterocycles. The highest BCUT2D eigenvalue weighted by Crippen LogP contribution is 2.43. The molecule has 0 bridgehead atoms. The van der Waals surface area contributed by atoms with E-state index in [-0.39, 0.29) is 6.10 Å². The number of carbonyl (C=O) groups is 2. The zero-order chi connectivity index (χ0) is 22.0. The maximum absolute atomic E-state index is 13.5. The Bertz CT molecular complexity index is 905. The summed E-state index contributed by atoms with van der Waals surface area (Å²) in [6.45, 7) is 6.17. The second-order valence-corrected chi connectivity index (χ2v) is 9.06. The molecule has 6 heteroatoms. The normalized spacial score (nSPS) is 25.6. The highest BCUT2D eigenvalue weighted by molar-refractivity contribution is 5.83. The zero-order valence-electron chi connectivity index (χ0n) is 18.2. The summed E-state index contributed by atoms with van der Waals surface area (Å²) in [5.41, 5.74) is 1.04. The number of epoxide rings is 1. The summed E-state index contributed by atoms with van der Waals surface area (Å²) < 4.78 is 17.1. The molecule has 31 heavy (non-hydrogen) atoms. The van der Waals surface area contributed by atoms with Crippen molar-refractivity contribution in [2.24, 2.45) is 0 Å². The van der Waals surface area contributed by atoms with Crippen LogP contribution in [-0.4, -0.2) is 41.3 Å². The van der Waals surface area contributed by atoms with Crippen molar-refractivity contribution >= 4 is 12.1 Å². The minimum atomic E-state index is -0.732. The first kappa shape index (κ1) is 21.4. The lowest BCUT2D eigenvalue weighted by Gasteiger charge is -2.45. The van der Waals surface area contributed by atoms with E-state index in [2.05, 4.69) is 0 Å². The fraction of sp³-hybridized carbons (Fsp3) is 0.440. The molecule has 2 aromatic carbocycles. The molecule has 0 saturated carbocycles. The highest BCUT2D eigenvalue weighted by Gasteiger charge is 2.49. The number of rotatable bonds is 5. The molecule has 6 nitrogen and oxygen atoms in total. The van der Waals surface area contributed by atoms with Gasteiger partial charge in [0.2, 0.25) is 0 Å². The summed E-state index contributed by atoms with van der Waals surface area (Å²) in [4.78, 5) is 28.2. The van der Waals surface area contributed by atoms with E-state index in [9.17, 15) is 9.59 Å². The minimum absolute atomic E-state index is 0.148. The van der Waals surface area contributed by atoms with Crippen LogP contribution in [0, 0.1) is 0 Å². The Morgan fingerprint density at radius 1 is 1.00 bits per heavy atom. The molecule has 2 aliphatic heterocycles. The number of nitrogens with zero attached hydrogens (tertiary/aromatic N) is 1. The van der Waals surface area contributed by atoms with Crippen LogP contribution in [0.25, 0.3) is 0 Å². The zero-order valence-corrected chi connectivity index (χ0v) is 18.2. The number of morpholine rings is 1. The van der Waals surface area contributed by atoms with E-state index in [1.165, 1.54) is 0 Å². The van der Waals surface area contributed by atoms with Crippen LogP contribution in [0.15, 0.2) is 60.7 Å². The lowest BCUT2D eigenvalue weighted by molar-refractivity contribution is -0.174. The summed E-state index contributed by atoms with van der Waals surface area (Å²) in [5, 5.41) is 0. The van der Waals surface area contributed by atoms with Crippen LogP contribution in [0.2, 0.25) is 0 Å². The van der Waals surface area contributed by atoms with E-state index >= 15 is 0 Å². The summed E-state index contributed by atoms with van der Waals surface area (Å²) in [6.07, 6.45) is 0.164. The molecule has 0 aliphatic carbocycles. The monoisotopic (exact) mass is 423 g/mol. The van der Waals surface area contributed by atoms with Crippen LogP contribution in [-0.2, 0) is 19.0 Å². The van der Waals surface area contributed by atoms with E-state index in [1.54, 1.807) is 4.90 Å². The van der Waals surface area contributed by atoms with Crippen molar-refractivity contribution in [2.45, 2.75) is 63.5 Å². The molecule has 0 aromatic heterocycles. The molecular formula is C25H29NO5. The van der Waals surface area contributed by atoms with Crippen LogP contribution in [0.3, 0.4) is 0 Å². The Labute approximate surface area is 183 Å². The Kier molecular flexibility index (Phi) is 6.01. The van der Waals surface area contributed by atoms with Crippen molar-refractivity contribution < 1.29 is 23.8 Å². The predicted octanol–water partition coefficient (Wildman–Crippen LogP) is 4.81. The maximum Gasteiger partial charge on any atom is 0.411 e. The molecule has 2 heterocycles. The summed E-state index contributed by atoms with van der Waals surface area (Å²) >= 11 is 0. The first-order chi connectivity index (χ1) is 14.8. The second-order valence-electron chi connectivity index (χ2n) is 9.06. The van der Waals surface area contributed by atoms with Crippen LogP contribution >= 0.6 is 0 Å². The van der Waals surface area contributed by atoms with Gasteiger partial charge in [0, 0.05) is 0 Å². The van der Waals surface area contributed by atoms with Crippen molar-refractivity contribution in [1.82, 2.24) is 4.90 Å². The van der Waals surface area contributed by atoms with E-state index < -0.39 is 35.9 Å². The molecular weight excluding hydrogens is 394 g/mol. The van der Waals surface area contributed by atoms with Gasteiger partial charge in [0.25, 0.3) is 0 Å². The molecule has 0 spiro atoms. The average molecular weight is 424 g/mol. The molecule has 1 amide bonds. The fourth-order valence-electron chi connectivity index (χ4n) is 3.99. The van der Waals surface area contributed by atoms with Crippen LogP contribution in [0.1, 0.15) is 56.9 Å². The van der Waals surface area contributed by atoms with Gasteiger partial charge in [-0.15, -0.1) is 0 Å². The molecule has 164 valence electrons. The summed E-state index contributed by atoms with van der Waals surface area (Å²) in [5.74, 6) is -0.410. The van der Waals surface area contributed by atoms with Gasteiger partial charge in [-0.1, -0.05) is 60.7 Å². The number of cyclic esters (lactones) is 1. The lowest BCUT2D eigenvalue weighted by Crippen LogP contribution is -2.55. The van der Waals surface area contributed by atoms with Crippen molar-refractivity contribution in [2.75, 3.05) is 6.61 Å². The molecule has 0 N–H and O–H groups in total. The third-order valence-corrected chi connectivity index (χ3v) is 5.48. The minimum Gasteiger partial charge on any atom is -0.453 e. The van der Waals surface area contributed by atoms with Gasteiger partial charge in [-0.3, -0.25) is 4.90 Å². The molecule has 2 fully saturated rings. The van der Waals surface area contributed by atoms with Gasteiger partial charge in [-0.05, 0) is 44.7 Å². The van der Waals surface area contributed by atoms with E-state index in [0.29, 0.717) is 19.4 Å². The van der Waals surface area contributed by atoms with Gasteiger partial charge in [-0.2, -0.15) is 0 Å². The SMILES string of the molecule is CC(C)(C)OC(=O)N1C(CCC2CO2)C(=O)OC(c2ccccc2)C1c1ccccc1. The number of ether oxygens (including phenoxy) is 3. The maximum atomic E-state index is 13.5. The van der Waals surface area contributed by atoms with Gasteiger partial charge in [-0.25, -0.2) is 9.59 Å². The Balaban J connectivity index is 1.77.